The molecular formula is C22H23F3N2O2. The van der Waals surface area contributed by atoms with Gasteiger partial charge in [-0.05, 0) is 48.7 Å². The second-order valence-electron chi connectivity index (χ2n) is 7.24. The van der Waals surface area contributed by atoms with Crippen LogP contribution in [0.4, 0.5) is 24.5 Å². The zero-order valence-corrected chi connectivity index (χ0v) is 16.1. The molecule has 1 heterocycles. The molecule has 1 saturated heterocycles. The third-order valence-electron chi connectivity index (χ3n) is 5.02. The molecule has 1 aliphatic rings. The predicted octanol–water partition coefficient (Wildman–Crippen LogP) is 5.04. The number of carbonyl (C=O) groups excluding carboxylic acids is 2. The lowest BCUT2D eigenvalue weighted by atomic mass is 10.1. The van der Waals surface area contributed by atoms with E-state index in [4.69, 9.17) is 0 Å². The van der Waals surface area contributed by atoms with E-state index in [1.165, 1.54) is 17.7 Å². The zero-order valence-electron chi connectivity index (χ0n) is 16.1. The van der Waals surface area contributed by atoms with E-state index in [0.29, 0.717) is 0 Å². The maximum Gasteiger partial charge on any atom is 0.416 e. The van der Waals surface area contributed by atoms with Crippen molar-refractivity contribution in [2.45, 2.75) is 38.8 Å². The van der Waals surface area contributed by atoms with E-state index >= 15 is 0 Å². The van der Waals surface area contributed by atoms with E-state index in [1.807, 2.05) is 24.3 Å². The van der Waals surface area contributed by atoms with Crippen molar-refractivity contribution in [3.63, 3.8) is 0 Å². The Kier molecular flexibility index (Phi) is 6.25. The number of unbranched alkanes of at least 4 members (excludes halogenated alkanes) is 1. The molecule has 29 heavy (non-hydrogen) atoms. The fourth-order valence-corrected chi connectivity index (χ4v) is 3.37. The SMILES string of the molecule is CCCCc1ccc(N2CC(C(=O)Nc3cccc(C(F)(F)F)c3)CC2=O)cc1. The fraction of sp³-hybridized carbons (Fsp3) is 0.364. The second kappa shape index (κ2) is 8.68. The number of benzene rings is 2. The Hall–Kier alpha value is -2.83. The summed E-state index contributed by atoms with van der Waals surface area (Å²) in [6.45, 7) is 2.33. The molecule has 3 rings (SSSR count). The van der Waals surface area contributed by atoms with Crippen LogP contribution in [0.5, 0.6) is 0 Å². The van der Waals surface area contributed by atoms with Crippen LogP contribution in [0.3, 0.4) is 0 Å². The number of hydrogen-bond donors (Lipinski definition) is 1. The monoisotopic (exact) mass is 404 g/mol. The molecule has 1 aliphatic heterocycles. The van der Waals surface area contributed by atoms with Crippen LogP contribution < -0.4 is 10.2 Å². The van der Waals surface area contributed by atoms with Crippen LogP contribution in [0.1, 0.15) is 37.3 Å². The molecule has 154 valence electrons. The average Bonchev–Trinajstić information content (AvgIpc) is 3.08. The van der Waals surface area contributed by atoms with Crippen molar-refractivity contribution in [3.8, 4) is 0 Å². The Morgan fingerprint density at radius 3 is 2.55 bits per heavy atom. The molecule has 0 radical (unpaired) electrons. The van der Waals surface area contributed by atoms with Crippen LogP contribution in [-0.2, 0) is 22.2 Å². The lowest BCUT2D eigenvalue weighted by Gasteiger charge is -2.17. The van der Waals surface area contributed by atoms with Gasteiger partial charge in [-0.2, -0.15) is 13.2 Å². The fourth-order valence-electron chi connectivity index (χ4n) is 3.37. The molecule has 2 aromatic carbocycles. The van der Waals surface area contributed by atoms with Gasteiger partial charge in [-0.15, -0.1) is 0 Å². The van der Waals surface area contributed by atoms with Crippen LogP contribution >= 0.6 is 0 Å². The Morgan fingerprint density at radius 2 is 1.90 bits per heavy atom. The average molecular weight is 404 g/mol. The third-order valence-corrected chi connectivity index (χ3v) is 5.02. The van der Waals surface area contributed by atoms with Crippen molar-refractivity contribution in [2.24, 2.45) is 5.92 Å². The Balaban J connectivity index is 1.64. The van der Waals surface area contributed by atoms with Crippen molar-refractivity contribution in [3.05, 3.63) is 59.7 Å². The van der Waals surface area contributed by atoms with Crippen molar-refractivity contribution >= 4 is 23.2 Å². The maximum atomic E-state index is 12.8. The topological polar surface area (TPSA) is 49.4 Å². The minimum Gasteiger partial charge on any atom is -0.326 e. The van der Waals surface area contributed by atoms with Gasteiger partial charge in [0.15, 0.2) is 0 Å². The van der Waals surface area contributed by atoms with E-state index in [1.54, 1.807) is 4.90 Å². The number of carbonyl (C=O) groups is 2. The highest BCUT2D eigenvalue weighted by atomic mass is 19.4. The van der Waals surface area contributed by atoms with Crippen molar-refractivity contribution in [1.29, 1.82) is 0 Å². The highest BCUT2D eigenvalue weighted by Crippen LogP contribution is 2.31. The summed E-state index contributed by atoms with van der Waals surface area (Å²) in [5.41, 5.74) is 1.16. The summed E-state index contributed by atoms with van der Waals surface area (Å²) in [5, 5.41) is 2.50. The molecule has 1 unspecified atom stereocenters. The molecule has 2 aromatic rings. The molecule has 0 bridgehead atoms. The highest BCUT2D eigenvalue weighted by Gasteiger charge is 2.35. The highest BCUT2D eigenvalue weighted by molar-refractivity contribution is 6.03. The number of rotatable bonds is 6. The summed E-state index contributed by atoms with van der Waals surface area (Å²) in [6, 6.07) is 12.2. The number of nitrogens with zero attached hydrogens (tertiary/aromatic N) is 1. The van der Waals surface area contributed by atoms with Crippen LogP contribution in [0.2, 0.25) is 0 Å². The van der Waals surface area contributed by atoms with Crippen molar-refractivity contribution < 1.29 is 22.8 Å². The normalized spacial score (nSPS) is 16.9. The third kappa shape index (κ3) is 5.16. The lowest BCUT2D eigenvalue weighted by Crippen LogP contribution is -2.28. The van der Waals surface area contributed by atoms with Crippen LogP contribution in [0.25, 0.3) is 0 Å². The minimum atomic E-state index is -4.48. The van der Waals surface area contributed by atoms with Gasteiger partial charge < -0.3 is 10.2 Å². The van der Waals surface area contributed by atoms with E-state index in [0.717, 1.165) is 37.1 Å². The van der Waals surface area contributed by atoms with Gasteiger partial charge in [0.05, 0.1) is 11.5 Å². The Bertz CT molecular complexity index is 878. The molecule has 0 aromatic heterocycles. The summed E-state index contributed by atoms with van der Waals surface area (Å²) < 4.78 is 38.5. The Morgan fingerprint density at radius 1 is 1.17 bits per heavy atom. The Labute approximate surface area is 167 Å². The number of halogens is 3. The molecule has 0 aliphatic carbocycles. The first-order valence-electron chi connectivity index (χ1n) is 9.65. The lowest BCUT2D eigenvalue weighted by molar-refractivity contribution is -0.137. The van der Waals surface area contributed by atoms with Crippen LogP contribution in [-0.4, -0.2) is 18.4 Å². The molecule has 0 saturated carbocycles. The van der Waals surface area contributed by atoms with Gasteiger partial charge in [-0.3, -0.25) is 9.59 Å². The summed E-state index contributed by atoms with van der Waals surface area (Å²) in [7, 11) is 0. The van der Waals surface area contributed by atoms with Gasteiger partial charge in [0.2, 0.25) is 11.8 Å². The second-order valence-corrected chi connectivity index (χ2v) is 7.24. The molecule has 4 nitrogen and oxygen atoms in total. The van der Waals surface area contributed by atoms with Crippen LogP contribution in [0.15, 0.2) is 48.5 Å². The zero-order chi connectivity index (χ0) is 21.0. The van der Waals surface area contributed by atoms with E-state index in [2.05, 4.69) is 12.2 Å². The van der Waals surface area contributed by atoms with Gasteiger partial charge in [0.1, 0.15) is 0 Å². The number of alkyl halides is 3. The first kappa shape index (κ1) is 20.9. The van der Waals surface area contributed by atoms with E-state index in [9.17, 15) is 22.8 Å². The molecular weight excluding hydrogens is 381 g/mol. The van der Waals surface area contributed by atoms with Gasteiger partial charge in [0.25, 0.3) is 0 Å². The summed E-state index contributed by atoms with van der Waals surface area (Å²) in [4.78, 5) is 26.4. The molecule has 7 heteroatoms. The molecule has 0 spiro atoms. The van der Waals surface area contributed by atoms with Crippen molar-refractivity contribution in [1.82, 2.24) is 0 Å². The first-order valence-corrected chi connectivity index (χ1v) is 9.65. The quantitative estimate of drug-likeness (QED) is 0.733. The van der Waals surface area contributed by atoms with E-state index in [-0.39, 0.29) is 24.6 Å². The smallest absolute Gasteiger partial charge is 0.326 e. The predicted molar refractivity (Wildman–Crippen MR) is 106 cm³/mol. The van der Waals surface area contributed by atoms with Crippen LogP contribution in [0, 0.1) is 5.92 Å². The van der Waals surface area contributed by atoms with Gasteiger partial charge >= 0.3 is 6.18 Å². The molecule has 1 fully saturated rings. The molecule has 2 amide bonds. The summed E-state index contributed by atoms with van der Waals surface area (Å²) in [5.74, 6) is -1.24. The largest absolute Gasteiger partial charge is 0.416 e. The van der Waals surface area contributed by atoms with E-state index < -0.39 is 23.6 Å². The number of nitrogens with one attached hydrogen (secondary N) is 1. The van der Waals surface area contributed by atoms with Gasteiger partial charge in [-0.1, -0.05) is 31.5 Å². The number of aryl methyl sites for hydroxylation is 1. The van der Waals surface area contributed by atoms with Crippen molar-refractivity contribution in [2.75, 3.05) is 16.8 Å². The first-order chi connectivity index (χ1) is 13.8. The summed E-state index contributed by atoms with van der Waals surface area (Å²) in [6.07, 6.45) is -1.27. The minimum absolute atomic E-state index is 0.0301. The van der Waals surface area contributed by atoms with Gasteiger partial charge in [-0.25, -0.2) is 0 Å². The molecule has 1 atom stereocenters. The van der Waals surface area contributed by atoms with Gasteiger partial charge in [0, 0.05) is 24.3 Å². The molecule has 1 N–H and O–H groups in total. The number of anilines is 2. The number of amides is 2. The maximum absolute atomic E-state index is 12.8. The summed E-state index contributed by atoms with van der Waals surface area (Å²) >= 11 is 0. The number of hydrogen-bond acceptors (Lipinski definition) is 2. The standard InChI is InChI=1S/C22H23F3N2O2/c1-2-3-5-15-8-10-19(11-9-15)27-14-16(12-20(27)28)21(29)26-18-7-4-6-17(13-18)22(23,24)25/h4,6-11,13,16H,2-3,5,12,14H2,1H3,(H,26,29).